The summed E-state index contributed by atoms with van der Waals surface area (Å²) < 4.78 is 8.45. The van der Waals surface area contributed by atoms with E-state index in [2.05, 4.69) is 33.0 Å². The second kappa shape index (κ2) is 6.69. The number of rotatable bonds is 2. The molecule has 122 valence electrons. The summed E-state index contributed by atoms with van der Waals surface area (Å²) in [5, 5.41) is 0. The summed E-state index contributed by atoms with van der Waals surface area (Å²) in [6.07, 6.45) is 3.37. The second-order valence-corrected chi connectivity index (χ2v) is 6.85. The Kier molecular flexibility index (Phi) is 4.26. The molecule has 24 heavy (non-hydrogen) atoms. The van der Waals surface area contributed by atoms with Crippen LogP contribution < -0.4 is 0 Å². The molecule has 0 radical (unpaired) electrons. The van der Waals surface area contributed by atoms with E-state index in [0.29, 0.717) is 11.5 Å². The van der Waals surface area contributed by atoms with Crippen molar-refractivity contribution in [1.29, 1.82) is 0 Å². The molecule has 0 aliphatic carbocycles. The summed E-state index contributed by atoms with van der Waals surface area (Å²) in [7, 11) is 0. The minimum Gasteiger partial charge on any atom is -0.338 e. The van der Waals surface area contributed by atoms with Gasteiger partial charge in [0.15, 0.2) is 0 Å². The van der Waals surface area contributed by atoms with E-state index in [1.807, 2.05) is 29.2 Å². The van der Waals surface area contributed by atoms with Crippen LogP contribution in [-0.4, -0.2) is 32.6 Å². The van der Waals surface area contributed by atoms with Gasteiger partial charge < -0.3 is 4.90 Å². The van der Waals surface area contributed by atoms with Gasteiger partial charge in [0, 0.05) is 24.6 Å². The van der Waals surface area contributed by atoms with E-state index >= 15 is 0 Å². The maximum absolute atomic E-state index is 13.0. The van der Waals surface area contributed by atoms with Gasteiger partial charge in [0.2, 0.25) is 0 Å². The fourth-order valence-electron chi connectivity index (χ4n) is 3.42. The monoisotopic (exact) mass is 337 g/mol. The van der Waals surface area contributed by atoms with Crippen LogP contribution in [0, 0.1) is 0 Å². The summed E-state index contributed by atoms with van der Waals surface area (Å²) in [4.78, 5) is 15.0. The lowest BCUT2D eigenvalue weighted by atomic mass is 9.94. The molecule has 0 saturated carbocycles. The zero-order valence-corrected chi connectivity index (χ0v) is 14.2. The Morgan fingerprint density at radius 1 is 1.04 bits per heavy atom. The van der Waals surface area contributed by atoms with Crippen molar-refractivity contribution in [3.05, 3.63) is 59.7 Å². The molecular weight excluding hydrogens is 318 g/mol. The number of benzene rings is 2. The standard InChI is InChI=1S/C19H19N3OS/c23-19(15-9-10-17-18(12-15)21-24-20-17)22-11-5-4-8-16(13-22)14-6-2-1-3-7-14/h1-3,6-7,9-10,12,16H,4-5,8,11,13H2/t16-/m0/s1. The summed E-state index contributed by atoms with van der Waals surface area (Å²) in [6.45, 7) is 1.62. The lowest BCUT2D eigenvalue weighted by molar-refractivity contribution is 0.0754. The van der Waals surface area contributed by atoms with Gasteiger partial charge in [-0.25, -0.2) is 0 Å². The SMILES string of the molecule is O=C(c1ccc2nsnc2c1)N1CCCC[C@H](c2ccccc2)C1. The van der Waals surface area contributed by atoms with Gasteiger partial charge in [0.05, 0.1) is 11.7 Å². The number of aromatic nitrogens is 2. The van der Waals surface area contributed by atoms with Crippen LogP contribution in [0.4, 0.5) is 0 Å². The van der Waals surface area contributed by atoms with Gasteiger partial charge >= 0.3 is 0 Å². The Bertz CT molecular complexity index is 846. The molecule has 1 fully saturated rings. The second-order valence-electron chi connectivity index (χ2n) is 6.32. The molecule has 0 spiro atoms. The van der Waals surface area contributed by atoms with E-state index < -0.39 is 0 Å². The highest BCUT2D eigenvalue weighted by molar-refractivity contribution is 7.00. The molecule has 1 aliphatic heterocycles. The highest BCUT2D eigenvalue weighted by Crippen LogP contribution is 2.27. The smallest absolute Gasteiger partial charge is 0.253 e. The number of hydrogen-bond acceptors (Lipinski definition) is 4. The molecule has 0 N–H and O–H groups in total. The Labute approximate surface area is 145 Å². The molecule has 4 nitrogen and oxygen atoms in total. The van der Waals surface area contributed by atoms with Crippen LogP contribution in [0.3, 0.4) is 0 Å². The normalized spacial score (nSPS) is 18.5. The van der Waals surface area contributed by atoms with Gasteiger partial charge in [-0.2, -0.15) is 8.75 Å². The van der Waals surface area contributed by atoms with E-state index in [1.165, 1.54) is 23.7 Å². The Morgan fingerprint density at radius 3 is 2.75 bits per heavy atom. The first-order valence-electron chi connectivity index (χ1n) is 8.38. The molecule has 5 heteroatoms. The van der Waals surface area contributed by atoms with Gasteiger partial charge in [-0.3, -0.25) is 4.79 Å². The summed E-state index contributed by atoms with van der Waals surface area (Å²) >= 11 is 1.18. The number of carbonyl (C=O) groups excluding carboxylic acids is 1. The van der Waals surface area contributed by atoms with Crippen molar-refractivity contribution in [1.82, 2.24) is 13.6 Å². The van der Waals surface area contributed by atoms with Crippen LogP contribution >= 0.6 is 11.7 Å². The molecule has 1 aliphatic rings. The van der Waals surface area contributed by atoms with Crippen molar-refractivity contribution < 1.29 is 4.79 Å². The highest BCUT2D eigenvalue weighted by Gasteiger charge is 2.24. The average molecular weight is 337 g/mol. The number of carbonyl (C=O) groups is 1. The Hall–Kier alpha value is -2.27. The van der Waals surface area contributed by atoms with E-state index in [0.717, 1.165) is 37.0 Å². The number of fused-ring (bicyclic) bond motifs is 1. The topological polar surface area (TPSA) is 46.1 Å². The molecule has 1 saturated heterocycles. The zero-order chi connectivity index (χ0) is 16.4. The third kappa shape index (κ3) is 3.04. The molecule has 4 rings (SSSR count). The molecule has 1 aromatic heterocycles. The zero-order valence-electron chi connectivity index (χ0n) is 13.4. The average Bonchev–Trinajstić information content (AvgIpc) is 2.96. The van der Waals surface area contributed by atoms with Crippen LogP contribution in [-0.2, 0) is 0 Å². The summed E-state index contributed by atoms with van der Waals surface area (Å²) in [5.41, 5.74) is 3.70. The van der Waals surface area contributed by atoms with Crippen LogP contribution in [0.5, 0.6) is 0 Å². The van der Waals surface area contributed by atoms with E-state index in [1.54, 1.807) is 0 Å². The highest BCUT2D eigenvalue weighted by atomic mass is 32.1. The van der Waals surface area contributed by atoms with Crippen molar-refractivity contribution in [3.8, 4) is 0 Å². The maximum Gasteiger partial charge on any atom is 0.253 e. The molecule has 1 amide bonds. The predicted octanol–water partition coefficient (Wildman–Crippen LogP) is 4.10. The van der Waals surface area contributed by atoms with Crippen molar-refractivity contribution in [3.63, 3.8) is 0 Å². The largest absolute Gasteiger partial charge is 0.338 e. The molecule has 3 aromatic rings. The third-order valence-electron chi connectivity index (χ3n) is 4.73. The molecule has 2 heterocycles. The Morgan fingerprint density at radius 2 is 1.88 bits per heavy atom. The lowest BCUT2D eigenvalue weighted by Gasteiger charge is -2.25. The Balaban J connectivity index is 1.58. The molecule has 0 bridgehead atoms. The van der Waals surface area contributed by atoms with Crippen molar-refractivity contribution >= 4 is 28.7 Å². The summed E-state index contributed by atoms with van der Waals surface area (Å²) in [5.74, 6) is 0.523. The van der Waals surface area contributed by atoms with Gasteiger partial charge in [0.25, 0.3) is 5.91 Å². The quantitative estimate of drug-likeness (QED) is 0.707. The molecule has 2 aromatic carbocycles. The fourth-order valence-corrected chi connectivity index (χ4v) is 3.94. The van der Waals surface area contributed by atoms with Crippen LogP contribution in [0.1, 0.15) is 41.1 Å². The first-order valence-corrected chi connectivity index (χ1v) is 9.11. The van der Waals surface area contributed by atoms with E-state index in [9.17, 15) is 4.79 Å². The number of likely N-dealkylation sites (tertiary alicyclic amines) is 1. The van der Waals surface area contributed by atoms with Gasteiger partial charge in [-0.05, 0) is 36.6 Å². The van der Waals surface area contributed by atoms with Gasteiger partial charge in [-0.15, -0.1) is 0 Å². The molecule has 0 unspecified atom stereocenters. The van der Waals surface area contributed by atoms with Crippen LogP contribution in [0.15, 0.2) is 48.5 Å². The minimum atomic E-state index is 0.104. The maximum atomic E-state index is 13.0. The summed E-state index contributed by atoms with van der Waals surface area (Å²) in [6, 6.07) is 16.2. The molecule has 1 atom stereocenters. The van der Waals surface area contributed by atoms with Crippen molar-refractivity contribution in [2.75, 3.05) is 13.1 Å². The lowest BCUT2D eigenvalue weighted by Crippen LogP contribution is -2.34. The van der Waals surface area contributed by atoms with Crippen molar-refractivity contribution in [2.45, 2.75) is 25.2 Å². The van der Waals surface area contributed by atoms with E-state index in [-0.39, 0.29) is 5.91 Å². The number of amides is 1. The minimum absolute atomic E-state index is 0.104. The number of hydrogen-bond donors (Lipinski definition) is 0. The molecular formula is C19H19N3OS. The number of nitrogens with zero attached hydrogens (tertiary/aromatic N) is 3. The van der Waals surface area contributed by atoms with Crippen LogP contribution in [0.2, 0.25) is 0 Å². The first-order chi connectivity index (χ1) is 11.8. The third-order valence-corrected chi connectivity index (χ3v) is 5.29. The van der Waals surface area contributed by atoms with E-state index in [4.69, 9.17) is 0 Å². The predicted molar refractivity (Wildman–Crippen MR) is 96.4 cm³/mol. The van der Waals surface area contributed by atoms with Gasteiger partial charge in [-0.1, -0.05) is 36.8 Å². The van der Waals surface area contributed by atoms with Gasteiger partial charge in [0.1, 0.15) is 11.0 Å². The first kappa shape index (κ1) is 15.3. The van der Waals surface area contributed by atoms with Crippen LogP contribution in [0.25, 0.3) is 11.0 Å². The fraction of sp³-hybridized carbons (Fsp3) is 0.316. The van der Waals surface area contributed by atoms with Crippen molar-refractivity contribution in [2.24, 2.45) is 0 Å².